The number of hydrogen-bond acceptors (Lipinski definition) is 7. The predicted octanol–water partition coefficient (Wildman–Crippen LogP) is 18.2. The number of hydrogen-bond donors (Lipinski definition) is 0. The molecule has 0 amide bonds. The van der Waals surface area contributed by atoms with Crippen LogP contribution in [0.1, 0.15) is 83.6 Å². The number of allylic oxidation sites excluding steroid dienone is 6. The molecule has 1 aliphatic carbocycles. The van der Waals surface area contributed by atoms with Gasteiger partial charge in [0.2, 0.25) is 5.70 Å². The molecule has 0 saturated heterocycles. The quantitative estimate of drug-likeness (QED) is 0.0664. The molecule has 0 bridgehead atoms. The summed E-state index contributed by atoms with van der Waals surface area (Å²) in [5.74, 6) is -0.490. The molecule has 2 aliphatic rings. The van der Waals surface area contributed by atoms with Gasteiger partial charge in [0.05, 0.1) is 19.2 Å². The number of benzene rings is 6. The Morgan fingerprint density at radius 2 is 1.23 bits per heavy atom. The highest BCUT2D eigenvalue weighted by Crippen LogP contribution is 2.54. The Labute approximate surface area is 480 Å². The SMILES string of the molecule is [C-]#[N+]C1=C(/C=C/C2=C(Sc3nc(-c4ccccc4)c(-c4ccccc4)o3)C(=C/C=C(c3ccc(N(CC)CC)cc3)c3ccc(N(CC)CC)cc3)/CC(C(C)(C)C)C2)C(c2ccc(F)cc2)(c2ccc(F)cc2)O/C1=C(\C#N)[N+]#[C-]. The first-order valence-electron chi connectivity index (χ1n) is 27.4. The van der Waals surface area contributed by atoms with E-state index in [2.05, 4.69) is 129 Å². The summed E-state index contributed by atoms with van der Waals surface area (Å²) in [6, 6.07) is 50.8. The maximum Gasteiger partial charge on any atom is 0.292 e. The second kappa shape index (κ2) is 25.0. The molecule has 0 fully saturated rings. The van der Waals surface area contributed by atoms with Crippen molar-refractivity contribution in [1.82, 2.24) is 4.98 Å². The number of thioether (sulfide) groups is 1. The van der Waals surface area contributed by atoms with Gasteiger partial charge in [0.15, 0.2) is 11.4 Å². The molecule has 7 aromatic rings. The standard InChI is InChI=1S/C70H64F2N6O2S/c1-10-77(11-2)58-38-24-47(25-39-58)60(48-26-40-59(41-27-48)78(12-3)13-4)42-28-51-44-55(69(5,6)7)45-52(67(51)81-68-76-63(49-20-16-14-17-21-49)65(79-68)50-22-18-15-19-23-50)29-43-61-64(75-9)66(62(46-73)74-8)80-70(61,53-30-34-56(71)35-31-53)54-32-36-57(72)37-33-54/h14-43,55H,10-13,44-45H2,1-7H3/b43-29+,51-28+,66-62+. The summed E-state index contributed by atoms with van der Waals surface area (Å²) >= 11 is 1.44. The highest BCUT2D eigenvalue weighted by molar-refractivity contribution is 8.03. The molecule has 81 heavy (non-hydrogen) atoms. The molecule has 0 N–H and O–H groups in total. The Kier molecular flexibility index (Phi) is 17.5. The number of oxazole rings is 1. The lowest BCUT2D eigenvalue weighted by Crippen LogP contribution is -2.29. The maximum absolute atomic E-state index is 14.9. The van der Waals surface area contributed by atoms with Gasteiger partial charge >= 0.3 is 0 Å². The summed E-state index contributed by atoms with van der Waals surface area (Å²) < 4.78 is 43.5. The van der Waals surface area contributed by atoms with E-state index >= 15 is 0 Å². The Balaban J connectivity index is 1.32. The van der Waals surface area contributed by atoms with Crippen molar-refractivity contribution in [3.05, 3.63) is 278 Å². The van der Waals surface area contributed by atoms with Crippen LogP contribution in [0.4, 0.5) is 20.2 Å². The van der Waals surface area contributed by atoms with Gasteiger partial charge in [-0.2, -0.15) is 0 Å². The number of nitrogens with zero attached hydrogens (tertiary/aromatic N) is 6. The van der Waals surface area contributed by atoms with Crippen LogP contribution < -0.4 is 9.80 Å². The van der Waals surface area contributed by atoms with Crippen LogP contribution in [0.2, 0.25) is 0 Å². The minimum Gasteiger partial charge on any atom is -0.495 e. The molecule has 0 saturated carbocycles. The lowest BCUT2D eigenvalue weighted by Gasteiger charge is -2.37. The van der Waals surface area contributed by atoms with Crippen LogP contribution in [0.25, 0.3) is 37.8 Å². The average Bonchev–Trinajstić information content (AvgIpc) is 3.02. The van der Waals surface area contributed by atoms with Gasteiger partial charge in [-0.25, -0.2) is 28.7 Å². The van der Waals surface area contributed by atoms with Gasteiger partial charge in [0.1, 0.15) is 23.1 Å². The minimum atomic E-state index is -1.72. The molecule has 0 radical (unpaired) electrons. The summed E-state index contributed by atoms with van der Waals surface area (Å²) in [5.41, 5.74) is 8.58. The van der Waals surface area contributed by atoms with E-state index in [0.717, 1.165) is 81.4 Å². The topological polar surface area (TPSA) is 74.3 Å². The molecule has 9 rings (SSSR count). The molecule has 2 heterocycles. The lowest BCUT2D eigenvalue weighted by atomic mass is 9.70. The van der Waals surface area contributed by atoms with Crippen molar-refractivity contribution in [3.8, 4) is 28.7 Å². The first-order chi connectivity index (χ1) is 39.3. The monoisotopic (exact) mass is 1090 g/mol. The fourth-order valence-corrected chi connectivity index (χ4v) is 11.7. The summed E-state index contributed by atoms with van der Waals surface area (Å²) in [7, 11) is 0. The molecular weight excluding hydrogens is 1030 g/mol. The van der Waals surface area contributed by atoms with Crippen LogP contribution in [-0.2, 0) is 10.3 Å². The van der Waals surface area contributed by atoms with Crippen molar-refractivity contribution >= 4 is 28.7 Å². The van der Waals surface area contributed by atoms with E-state index < -0.39 is 22.9 Å². The van der Waals surface area contributed by atoms with Crippen LogP contribution in [0, 0.1) is 47.4 Å². The van der Waals surface area contributed by atoms with Crippen molar-refractivity contribution < 1.29 is 17.9 Å². The molecule has 8 nitrogen and oxygen atoms in total. The van der Waals surface area contributed by atoms with Gasteiger partial charge in [0.25, 0.3) is 10.9 Å². The van der Waals surface area contributed by atoms with Crippen molar-refractivity contribution in [2.24, 2.45) is 11.3 Å². The summed E-state index contributed by atoms with van der Waals surface area (Å²) in [5, 5.41) is 10.8. The molecule has 1 unspecified atom stereocenters. The number of nitriles is 1. The van der Waals surface area contributed by atoms with Crippen LogP contribution >= 0.6 is 11.8 Å². The van der Waals surface area contributed by atoms with Gasteiger partial charge in [-0.1, -0.05) is 154 Å². The van der Waals surface area contributed by atoms with E-state index in [1.807, 2.05) is 78.9 Å². The highest BCUT2D eigenvalue weighted by Gasteiger charge is 2.49. The normalized spacial score (nSPS) is 16.2. The highest BCUT2D eigenvalue weighted by atomic mass is 32.2. The number of rotatable bonds is 17. The third-order valence-corrected chi connectivity index (χ3v) is 16.4. The van der Waals surface area contributed by atoms with Crippen LogP contribution in [-0.4, -0.2) is 31.2 Å². The minimum absolute atomic E-state index is 0.0690. The molecule has 1 atom stereocenters. The van der Waals surface area contributed by atoms with Crippen LogP contribution in [0.5, 0.6) is 0 Å². The second-order valence-electron chi connectivity index (χ2n) is 20.9. The molecule has 6 aromatic carbocycles. The lowest BCUT2D eigenvalue weighted by molar-refractivity contribution is 0.0955. The van der Waals surface area contributed by atoms with Crippen molar-refractivity contribution in [2.75, 3.05) is 36.0 Å². The zero-order valence-corrected chi connectivity index (χ0v) is 47.6. The third kappa shape index (κ3) is 12.0. The first-order valence-corrected chi connectivity index (χ1v) is 28.3. The fraction of sp³-hybridized carbons (Fsp3) is 0.229. The Morgan fingerprint density at radius 3 is 1.70 bits per heavy atom. The zero-order chi connectivity index (χ0) is 57.3. The number of anilines is 2. The zero-order valence-electron chi connectivity index (χ0n) is 46.8. The molecule has 0 spiro atoms. The van der Waals surface area contributed by atoms with Crippen molar-refractivity contribution in [1.29, 1.82) is 5.26 Å². The number of halogens is 2. The van der Waals surface area contributed by atoms with Crippen LogP contribution in [0.15, 0.2) is 230 Å². The maximum atomic E-state index is 14.9. The largest absolute Gasteiger partial charge is 0.495 e. The number of ether oxygens (including phenoxy) is 1. The Hall–Kier alpha value is -8.95. The molecule has 11 heteroatoms. The second-order valence-corrected chi connectivity index (χ2v) is 21.9. The molecule has 1 aliphatic heterocycles. The average molecular weight is 1090 g/mol. The van der Waals surface area contributed by atoms with E-state index in [9.17, 15) is 14.0 Å². The van der Waals surface area contributed by atoms with E-state index in [0.29, 0.717) is 46.2 Å². The summed E-state index contributed by atoms with van der Waals surface area (Å²) in [6.45, 7) is 35.7. The molecule has 406 valence electrons. The van der Waals surface area contributed by atoms with Crippen molar-refractivity contribution in [3.63, 3.8) is 0 Å². The van der Waals surface area contributed by atoms with Gasteiger partial charge in [0, 0.05) is 70.3 Å². The smallest absolute Gasteiger partial charge is 0.292 e. The molecular formula is C70H64F2N6O2S. The van der Waals surface area contributed by atoms with E-state index in [-0.39, 0.29) is 22.8 Å². The Bertz CT molecular complexity index is 3530. The summed E-state index contributed by atoms with van der Waals surface area (Å²) in [6.07, 6.45) is 9.58. The van der Waals surface area contributed by atoms with Gasteiger partial charge < -0.3 is 19.0 Å². The van der Waals surface area contributed by atoms with Crippen molar-refractivity contribution in [2.45, 2.75) is 72.1 Å². The van der Waals surface area contributed by atoms with E-state index in [4.69, 9.17) is 27.3 Å². The summed E-state index contributed by atoms with van der Waals surface area (Å²) in [4.78, 5) is 18.3. The van der Waals surface area contributed by atoms with Gasteiger partial charge in [-0.3, -0.25) is 0 Å². The van der Waals surface area contributed by atoms with E-state index in [1.54, 1.807) is 24.3 Å². The fourth-order valence-electron chi connectivity index (χ4n) is 10.7. The van der Waals surface area contributed by atoms with E-state index in [1.165, 1.54) is 36.0 Å². The third-order valence-electron chi connectivity index (χ3n) is 15.3. The van der Waals surface area contributed by atoms with Gasteiger partial charge in [-0.05, 0) is 140 Å². The van der Waals surface area contributed by atoms with Gasteiger partial charge in [-0.15, -0.1) is 0 Å². The predicted molar refractivity (Wildman–Crippen MR) is 324 cm³/mol. The van der Waals surface area contributed by atoms with Crippen LogP contribution in [0.3, 0.4) is 0 Å². The first kappa shape index (κ1) is 56.8. The Morgan fingerprint density at radius 1 is 0.716 bits per heavy atom. The molecule has 1 aromatic heterocycles. The number of aromatic nitrogens is 1.